The topological polar surface area (TPSA) is 99.0 Å². The van der Waals surface area contributed by atoms with Crippen molar-refractivity contribution in [3.05, 3.63) is 0 Å². The molecule has 1 amide bonds. The van der Waals surface area contributed by atoms with E-state index in [1.165, 1.54) is 13.8 Å². The van der Waals surface area contributed by atoms with Crippen LogP contribution in [0.3, 0.4) is 0 Å². The van der Waals surface area contributed by atoms with E-state index in [2.05, 4.69) is 5.32 Å². The predicted molar refractivity (Wildman–Crippen MR) is 69.5 cm³/mol. The van der Waals surface area contributed by atoms with E-state index in [0.29, 0.717) is 6.42 Å². The first-order valence-corrected chi connectivity index (χ1v) is 6.69. The summed E-state index contributed by atoms with van der Waals surface area (Å²) < 4.78 is 5.57. The number of carbonyl (C=O) groups excluding carboxylic acids is 1. The molecule has 0 aromatic carbocycles. The van der Waals surface area contributed by atoms with E-state index in [1.54, 1.807) is 6.92 Å². The second kappa shape index (κ2) is 6.17. The van der Waals surface area contributed by atoms with Gasteiger partial charge in [0.1, 0.15) is 12.2 Å². The van der Waals surface area contributed by atoms with Crippen molar-refractivity contribution in [1.29, 1.82) is 0 Å². The van der Waals surface area contributed by atoms with Gasteiger partial charge in [-0.25, -0.2) is 0 Å². The van der Waals surface area contributed by atoms with E-state index >= 15 is 0 Å². The molecular weight excluding hydrogens is 250 g/mol. The Morgan fingerprint density at radius 1 is 1.32 bits per heavy atom. The normalized spacial score (nSPS) is 36.1. The standard InChI is InChI=1S/C13H25NO5/c1-5-8-11(16)12(17)10(7(2)19-8)14-9(15)6-13(3,4)18/h7-8,10-12,16-18H,5-6H2,1-4H3,(H,14,15). The third-order valence-electron chi connectivity index (χ3n) is 3.32. The zero-order chi connectivity index (χ0) is 14.8. The lowest BCUT2D eigenvalue weighted by Gasteiger charge is -2.42. The summed E-state index contributed by atoms with van der Waals surface area (Å²) in [6.07, 6.45) is -2.39. The highest BCUT2D eigenvalue weighted by Crippen LogP contribution is 2.23. The highest BCUT2D eigenvalue weighted by atomic mass is 16.5. The average molecular weight is 275 g/mol. The van der Waals surface area contributed by atoms with Gasteiger partial charge in [0.05, 0.1) is 30.3 Å². The molecule has 1 saturated heterocycles. The number of hydrogen-bond acceptors (Lipinski definition) is 5. The fourth-order valence-electron chi connectivity index (χ4n) is 2.32. The van der Waals surface area contributed by atoms with E-state index in [0.717, 1.165) is 0 Å². The Hall–Kier alpha value is -0.690. The summed E-state index contributed by atoms with van der Waals surface area (Å²) in [5.74, 6) is -0.380. The van der Waals surface area contributed by atoms with E-state index in [-0.39, 0.29) is 12.3 Å². The average Bonchev–Trinajstić information content (AvgIpc) is 2.27. The molecule has 19 heavy (non-hydrogen) atoms. The number of nitrogens with one attached hydrogen (secondary N) is 1. The maximum absolute atomic E-state index is 11.8. The first kappa shape index (κ1) is 16.4. The Bertz CT molecular complexity index is 315. The van der Waals surface area contributed by atoms with Crippen molar-refractivity contribution in [3.8, 4) is 0 Å². The van der Waals surface area contributed by atoms with Crippen LogP contribution in [0.2, 0.25) is 0 Å². The molecule has 0 aromatic rings. The second-order valence-electron chi connectivity index (χ2n) is 5.85. The molecule has 1 heterocycles. The largest absolute Gasteiger partial charge is 0.390 e. The molecule has 1 aliphatic rings. The molecule has 4 N–H and O–H groups in total. The molecule has 1 fully saturated rings. The van der Waals surface area contributed by atoms with Crippen molar-refractivity contribution in [3.63, 3.8) is 0 Å². The van der Waals surface area contributed by atoms with Crippen LogP contribution in [0.15, 0.2) is 0 Å². The number of hydrogen-bond donors (Lipinski definition) is 4. The van der Waals surface area contributed by atoms with Crippen LogP contribution < -0.4 is 5.32 Å². The molecule has 0 aromatic heterocycles. The summed E-state index contributed by atoms with van der Waals surface area (Å²) >= 11 is 0. The third-order valence-corrected chi connectivity index (χ3v) is 3.32. The molecule has 1 aliphatic heterocycles. The van der Waals surface area contributed by atoms with Crippen LogP contribution in [-0.4, -0.2) is 57.3 Å². The van der Waals surface area contributed by atoms with E-state index in [9.17, 15) is 20.1 Å². The van der Waals surface area contributed by atoms with Gasteiger partial charge in [-0.15, -0.1) is 0 Å². The first-order chi connectivity index (χ1) is 8.65. The summed E-state index contributed by atoms with van der Waals surface area (Å²) in [5.41, 5.74) is -1.11. The Morgan fingerprint density at radius 2 is 1.89 bits per heavy atom. The summed E-state index contributed by atoms with van der Waals surface area (Å²) in [7, 11) is 0. The maximum Gasteiger partial charge on any atom is 0.223 e. The molecule has 0 spiro atoms. The molecule has 0 saturated carbocycles. The molecular formula is C13H25NO5. The van der Waals surface area contributed by atoms with Gasteiger partial charge in [-0.3, -0.25) is 4.79 Å². The van der Waals surface area contributed by atoms with Crippen LogP contribution in [0.4, 0.5) is 0 Å². The number of ether oxygens (including phenoxy) is 1. The van der Waals surface area contributed by atoms with Gasteiger partial charge in [0.25, 0.3) is 0 Å². The van der Waals surface area contributed by atoms with E-state index in [4.69, 9.17) is 4.74 Å². The number of aliphatic hydroxyl groups excluding tert-OH is 2. The zero-order valence-electron chi connectivity index (χ0n) is 12.0. The fraction of sp³-hybridized carbons (Fsp3) is 0.923. The van der Waals surface area contributed by atoms with Crippen molar-refractivity contribution in [1.82, 2.24) is 5.32 Å². The Morgan fingerprint density at radius 3 is 2.37 bits per heavy atom. The van der Waals surface area contributed by atoms with Crippen LogP contribution in [0, 0.1) is 0 Å². The van der Waals surface area contributed by atoms with Gasteiger partial charge in [0, 0.05) is 0 Å². The number of aliphatic hydroxyl groups is 3. The van der Waals surface area contributed by atoms with Gasteiger partial charge < -0.3 is 25.4 Å². The minimum atomic E-state index is -1.11. The summed E-state index contributed by atoms with van der Waals surface area (Å²) in [6, 6.07) is -0.673. The molecule has 5 atom stereocenters. The second-order valence-corrected chi connectivity index (χ2v) is 5.85. The highest BCUT2D eigenvalue weighted by Gasteiger charge is 2.42. The minimum absolute atomic E-state index is 0.0732. The van der Waals surface area contributed by atoms with Crippen molar-refractivity contribution >= 4 is 5.91 Å². The SMILES string of the molecule is CCC1OC(C)C(NC(=O)CC(C)(C)O)C(O)C1O. The van der Waals surface area contributed by atoms with Crippen LogP contribution in [0.25, 0.3) is 0 Å². The third kappa shape index (κ3) is 4.42. The molecule has 0 aliphatic carbocycles. The van der Waals surface area contributed by atoms with Crippen LogP contribution in [-0.2, 0) is 9.53 Å². The van der Waals surface area contributed by atoms with Crippen molar-refractivity contribution < 1.29 is 24.9 Å². The van der Waals surface area contributed by atoms with Gasteiger partial charge >= 0.3 is 0 Å². The van der Waals surface area contributed by atoms with Crippen LogP contribution in [0.1, 0.15) is 40.5 Å². The minimum Gasteiger partial charge on any atom is -0.390 e. The molecule has 6 nitrogen and oxygen atoms in total. The van der Waals surface area contributed by atoms with Crippen molar-refractivity contribution in [2.45, 2.75) is 76.6 Å². The molecule has 112 valence electrons. The predicted octanol–water partition coefficient (Wildman–Crippen LogP) is -0.449. The summed E-state index contributed by atoms with van der Waals surface area (Å²) in [4.78, 5) is 11.8. The monoisotopic (exact) mass is 275 g/mol. The smallest absolute Gasteiger partial charge is 0.223 e. The zero-order valence-corrected chi connectivity index (χ0v) is 12.0. The van der Waals surface area contributed by atoms with E-state index in [1.807, 2.05) is 6.92 Å². The highest BCUT2D eigenvalue weighted by molar-refractivity contribution is 5.77. The molecule has 1 rings (SSSR count). The van der Waals surface area contributed by atoms with Crippen molar-refractivity contribution in [2.24, 2.45) is 0 Å². The van der Waals surface area contributed by atoms with Gasteiger partial charge in [-0.05, 0) is 27.2 Å². The Kier molecular flexibility index (Phi) is 5.32. The fourth-order valence-corrected chi connectivity index (χ4v) is 2.32. The quantitative estimate of drug-likeness (QED) is 0.557. The van der Waals surface area contributed by atoms with Gasteiger partial charge in [0.2, 0.25) is 5.91 Å². The van der Waals surface area contributed by atoms with Gasteiger partial charge in [-0.2, -0.15) is 0 Å². The number of carbonyl (C=O) groups is 1. The summed E-state index contributed by atoms with van der Waals surface area (Å²) in [5, 5.41) is 32.1. The molecule has 0 bridgehead atoms. The van der Waals surface area contributed by atoms with Gasteiger partial charge in [0.15, 0.2) is 0 Å². The van der Waals surface area contributed by atoms with Crippen LogP contribution >= 0.6 is 0 Å². The van der Waals surface area contributed by atoms with E-state index < -0.39 is 36.1 Å². The van der Waals surface area contributed by atoms with Crippen molar-refractivity contribution in [2.75, 3.05) is 0 Å². The lowest BCUT2D eigenvalue weighted by molar-refractivity contribution is -0.182. The van der Waals surface area contributed by atoms with Gasteiger partial charge in [-0.1, -0.05) is 6.92 Å². The number of rotatable bonds is 4. The van der Waals surface area contributed by atoms with Crippen LogP contribution in [0.5, 0.6) is 0 Å². The lowest BCUT2D eigenvalue weighted by Crippen LogP contribution is -2.62. The molecule has 5 unspecified atom stereocenters. The Labute approximate surface area is 113 Å². The maximum atomic E-state index is 11.8. The lowest BCUT2D eigenvalue weighted by atomic mass is 9.92. The summed E-state index contributed by atoms with van der Waals surface area (Å²) in [6.45, 7) is 6.67. The molecule has 0 radical (unpaired) electrons. The number of amides is 1. The Balaban J connectivity index is 2.65. The molecule has 6 heteroatoms. The first-order valence-electron chi connectivity index (χ1n) is 6.69.